The molecule has 0 unspecified atom stereocenters. The lowest BCUT2D eigenvalue weighted by Gasteiger charge is -2.19. The van der Waals surface area contributed by atoms with Gasteiger partial charge in [0.1, 0.15) is 17.4 Å². The van der Waals surface area contributed by atoms with Gasteiger partial charge < -0.3 is 4.74 Å². The molecule has 0 radical (unpaired) electrons. The molecule has 206 valence electrons. The van der Waals surface area contributed by atoms with Crippen molar-refractivity contribution in [3.63, 3.8) is 0 Å². The predicted octanol–water partition coefficient (Wildman–Crippen LogP) is 9.31. The Hall–Kier alpha value is -4.25. The zero-order valence-corrected chi connectivity index (χ0v) is 21.3. The Kier molecular flexibility index (Phi) is 8.83. The Bertz CT molecular complexity index is 1500. The summed E-state index contributed by atoms with van der Waals surface area (Å²) in [6.07, 6.45) is 0.459. The molecule has 0 fully saturated rings. The molecule has 0 N–H and O–H groups in total. The number of rotatable bonds is 8. The summed E-state index contributed by atoms with van der Waals surface area (Å²) in [4.78, 5) is 0. The third-order valence-electron chi connectivity index (χ3n) is 6.13. The van der Waals surface area contributed by atoms with Crippen molar-refractivity contribution >= 4 is 0 Å². The van der Waals surface area contributed by atoms with Crippen LogP contribution in [0.2, 0.25) is 0 Å². The molecule has 0 aliphatic rings. The minimum Gasteiger partial charge on any atom is -0.429 e. The summed E-state index contributed by atoms with van der Waals surface area (Å²) in [6, 6.07) is 14.4. The second-order valence-electron chi connectivity index (χ2n) is 9.12. The van der Waals surface area contributed by atoms with Crippen LogP contribution < -0.4 is 4.74 Å². The first kappa shape index (κ1) is 28.8. The van der Waals surface area contributed by atoms with Crippen LogP contribution in [0.5, 0.6) is 5.75 Å². The van der Waals surface area contributed by atoms with Crippen molar-refractivity contribution in [1.29, 1.82) is 0 Å². The van der Waals surface area contributed by atoms with E-state index < -0.39 is 57.6 Å². The molecular weight excluding hydrogens is 533 g/mol. The van der Waals surface area contributed by atoms with Crippen LogP contribution in [0.1, 0.15) is 48.4 Å². The highest BCUT2D eigenvalue weighted by Gasteiger charge is 2.35. The lowest BCUT2D eigenvalue weighted by atomic mass is 10.0. The quantitative estimate of drug-likeness (QED) is 0.0910. The summed E-state index contributed by atoms with van der Waals surface area (Å²) in [5.74, 6) is -3.00. The zero-order valence-electron chi connectivity index (χ0n) is 21.3. The number of benzene rings is 4. The van der Waals surface area contributed by atoms with E-state index in [1.165, 1.54) is 24.1 Å². The molecule has 0 bridgehead atoms. The van der Waals surface area contributed by atoms with Crippen LogP contribution in [0.3, 0.4) is 0 Å². The minimum atomic E-state index is -3.98. The molecule has 4 aromatic carbocycles. The van der Waals surface area contributed by atoms with Gasteiger partial charge in [-0.25, -0.2) is 22.0 Å². The summed E-state index contributed by atoms with van der Waals surface area (Å²) in [5, 5.41) is 0. The second kappa shape index (κ2) is 12.3. The third-order valence-corrected chi connectivity index (χ3v) is 6.13. The van der Waals surface area contributed by atoms with Crippen LogP contribution in [0.15, 0.2) is 72.8 Å². The fourth-order valence-corrected chi connectivity index (χ4v) is 4.02. The fraction of sp³-hybridized carbons (Fsp3) is 0.188. The summed E-state index contributed by atoms with van der Waals surface area (Å²) >= 11 is 0. The van der Waals surface area contributed by atoms with Crippen molar-refractivity contribution in [3.8, 4) is 28.7 Å². The van der Waals surface area contributed by atoms with E-state index in [9.17, 15) is 30.7 Å². The van der Waals surface area contributed by atoms with Gasteiger partial charge >= 0.3 is 6.11 Å². The van der Waals surface area contributed by atoms with Crippen LogP contribution in [0, 0.1) is 40.9 Å². The van der Waals surface area contributed by atoms with E-state index >= 15 is 0 Å². The monoisotopic (exact) mass is 556 g/mol. The largest absolute Gasteiger partial charge is 0.429 e. The first-order valence-corrected chi connectivity index (χ1v) is 12.5. The molecule has 0 saturated carbocycles. The average Bonchev–Trinajstić information content (AvgIpc) is 2.91. The van der Waals surface area contributed by atoms with E-state index in [-0.39, 0.29) is 0 Å². The predicted molar refractivity (Wildman–Crippen MR) is 138 cm³/mol. The van der Waals surface area contributed by atoms with Crippen LogP contribution in [-0.2, 0) is 12.5 Å². The number of aryl methyl sites for hydroxylation is 1. The molecule has 0 aromatic heterocycles. The highest BCUT2D eigenvalue weighted by Crippen LogP contribution is 2.36. The highest BCUT2D eigenvalue weighted by atomic mass is 19.3. The molecule has 0 amide bonds. The topological polar surface area (TPSA) is 9.23 Å². The smallest absolute Gasteiger partial charge is 0.426 e. The van der Waals surface area contributed by atoms with E-state index in [1.54, 1.807) is 0 Å². The molecule has 0 spiro atoms. The number of alkyl halides is 2. The number of unbranched alkanes of at least 4 members (excludes halogenated alkanes) is 2. The van der Waals surface area contributed by atoms with Gasteiger partial charge in [0.15, 0.2) is 17.5 Å². The number of hydrogen-bond acceptors (Lipinski definition) is 1. The molecule has 4 rings (SSSR count). The SMILES string of the molecule is CCCCCc1ccc(C#Cc2ccc(C(F)(F)Oc3cc(F)c(-c4cc(F)c(F)c(F)c4)c(F)c3)cc2)cc1. The number of hydrogen-bond donors (Lipinski definition) is 0. The molecule has 8 heteroatoms. The van der Waals surface area contributed by atoms with Crippen molar-refractivity contribution in [2.75, 3.05) is 0 Å². The maximum absolute atomic E-state index is 14.8. The molecule has 1 nitrogen and oxygen atoms in total. The molecule has 0 heterocycles. The van der Waals surface area contributed by atoms with Crippen molar-refractivity contribution in [2.24, 2.45) is 0 Å². The Labute approximate surface area is 227 Å². The highest BCUT2D eigenvalue weighted by molar-refractivity contribution is 5.66. The molecule has 0 saturated heterocycles. The molecule has 0 aliphatic carbocycles. The Morgan fingerprint density at radius 1 is 0.675 bits per heavy atom. The maximum atomic E-state index is 14.8. The van der Waals surface area contributed by atoms with E-state index in [4.69, 9.17) is 0 Å². The summed E-state index contributed by atoms with van der Waals surface area (Å²) in [7, 11) is 0. The third kappa shape index (κ3) is 6.84. The van der Waals surface area contributed by atoms with Crippen LogP contribution in [-0.4, -0.2) is 0 Å². The zero-order chi connectivity index (χ0) is 28.9. The van der Waals surface area contributed by atoms with Gasteiger partial charge in [0, 0.05) is 23.3 Å². The maximum Gasteiger partial charge on any atom is 0.426 e. The average molecular weight is 557 g/mol. The Balaban J connectivity index is 1.47. The summed E-state index contributed by atoms with van der Waals surface area (Å²) in [5.41, 5.74) is 0.287. The lowest BCUT2D eigenvalue weighted by Crippen LogP contribution is -2.22. The summed E-state index contributed by atoms with van der Waals surface area (Å²) in [6.45, 7) is 2.15. The van der Waals surface area contributed by atoms with E-state index in [0.29, 0.717) is 29.8 Å². The fourth-order valence-electron chi connectivity index (χ4n) is 4.02. The van der Waals surface area contributed by atoms with E-state index in [2.05, 4.69) is 23.5 Å². The van der Waals surface area contributed by atoms with Crippen molar-refractivity contribution in [1.82, 2.24) is 0 Å². The second-order valence-corrected chi connectivity index (χ2v) is 9.12. The number of halogens is 7. The van der Waals surface area contributed by atoms with Gasteiger partial charge in [0.2, 0.25) is 0 Å². The van der Waals surface area contributed by atoms with Gasteiger partial charge in [-0.05, 0) is 72.5 Å². The van der Waals surface area contributed by atoms with Crippen molar-refractivity contribution < 1.29 is 35.5 Å². The molecule has 0 atom stereocenters. The van der Waals surface area contributed by atoms with E-state index in [1.807, 2.05) is 24.3 Å². The van der Waals surface area contributed by atoms with Crippen LogP contribution in [0.25, 0.3) is 11.1 Å². The molecular formula is C32H23F7O. The minimum absolute atomic E-state index is 0.392. The molecule has 4 aromatic rings. The molecule has 40 heavy (non-hydrogen) atoms. The standard InChI is InChI=1S/C32H23F7O/c1-2-3-4-5-20-6-8-21(9-7-20)10-11-22-12-14-24(15-13-22)32(38,39)40-25-18-26(33)30(27(34)19-25)23-16-28(35)31(37)29(36)17-23/h6-9,12-19H,2-5H2,1H3. The Morgan fingerprint density at radius 2 is 1.20 bits per heavy atom. The van der Waals surface area contributed by atoms with Gasteiger partial charge in [0.25, 0.3) is 0 Å². The van der Waals surface area contributed by atoms with Crippen LogP contribution >= 0.6 is 0 Å². The van der Waals surface area contributed by atoms with Gasteiger partial charge in [-0.2, -0.15) is 8.78 Å². The number of ether oxygens (including phenoxy) is 1. The van der Waals surface area contributed by atoms with Gasteiger partial charge in [0.05, 0.1) is 11.1 Å². The first-order valence-electron chi connectivity index (χ1n) is 12.5. The van der Waals surface area contributed by atoms with Crippen molar-refractivity contribution in [2.45, 2.75) is 38.7 Å². The first-order chi connectivity index (χ1) is 19.1. The van der Waals surface area contributed by atoms with Crippen molar-refractivity contribution in [3.05, 3.63) is 124 Å². The normalized spacial score (nSPS) is 11.2. The lowest BCUT2D eigenvalue weighted by molar-refractivity contribution is -0.185. The van der Waals surface area contributed by atoms with Gasteiger partial charge in [-0.15, -0.1) is 0 Å². The molecule has 0 aliphatic heterocycles. The van der Waals surface area contributed by atoms with Crippen LogP contribution in [0.4, 0.5) is 30.7 Å². The van der Waals surface area contributed by atoms with Gasteiger partial charge in [-0.1, -0.05) is 43.7 Å². The van der Waals surface area contributed by atoms with E-state index in [0.717, 1.165) is 37.0 Å². The summed E-state index contributed by atoms with van der Waals surface area (Å²) < 4.78 is 103. The van der Waals surface area contributed by atoms with Gasteiger partial charge in [-0.3, -0.25) is 0 Å². The Morgan fingerprint density at radius 3 is 1.73 bits per heavy atom.